The number of benzene rings is 2. The number of hydrogen-bond acceptors (Lipinski definition) is 3. The minimum atomic E-state index is 0.0600. The fourth-order valence-electron chi connectivity index (χ4n) is 1.54. The largest absolute Gasteiger partial charge is 0.456 e. The van der Waals surface area contributed by atoms with Gasteiger partial charge in [-0.25, -0.2) is 0 Å². The molecule has 0 aromatic heterocycles. The average Bonchev–Trinajstić information content (AvgIpc) is 2.49. The number of ether oxygens (including phenoxy) is 1. The van der Waals surface area contributed by atoms with Gasteiger partial charge in [-0.2, -0.15) is 10.5 Å². The van der Waals surface area contributed by atoms with Gasteiger partial charge in [-0.3, -0.25) is 0 Å². The van der Waals surface area contributed by atoms with Crippen LogP contribution in [0, 0.1) is 22.7 Å². The van der Waals surface area contributed by atoms with Crippen molar-refractivity contribution < 1.29 is 4.74 Å². The van der Waals surface area contributed by atoms with Crippen LogP contribution in [-0.4, -0.2) is 0 Å². The molecule has 0 spiro atoms. The van der Waals surface area contributed by atoms with Gasteiger partial charge in [-0.1, -0.05) is 35.9 Å². The Kier molecular flexibility index (Phi) is 4.39. The smallest absolute Gasteiger partial charge is 0.146 e. The number of allylic oxidation sites excluding steroid dienone is 1. The number of nitriles is 2. The zero-order valence-corrected chi connectivity index (χ0v) is 11.1. The van der Waals surface area contributed by atoms with Crippen LogP contribution in [0.15, 0.2) is 54.1 Å². The van der Waals surface area contributed by atoms with E-state index in [1.807, 2.05) is 24.3 Å². The van der Waals surface area contributed by atoms with Gasteiger partial charge < -0.3 is 4.74 Å². The summed E-state index contributed by atoms with van der Waals surface area (Å²) in [5.41, 5.74) is 0.819. The number of para-hydroxylation sites is 1. The summed E-state index contributed by atoms with van der Waals surface area (Å²) in [4.78, 5) is 0. The Morgan fingerprint density at radius 2 is 1.65 bits per heavy atom. The highest BCUT2D eigenvalue weighted by atomic mass is 35.5. The molecule has 0 radical (unpaired) electrons. The quantitative estimate of drug-likeness (QED) is 0.774. The summed E-state index contributed by atoms with van der Waals surface area (Å²) < 4.78 is 5.64. The van der Waals surface area contributed by atoms with Crippen LogP contribution in [0.5, 0.6) is 11.5 Å². The maximum absolute atomic E-state index is 8.69. The van der Waals surface area contributed by atoms with Crippen molar-refractivity contribution in [1.82, 2.24) is 0 Å². The summed E-state index contributed by atoms with van der Waals surface area (Å²) in [5.74, 6) is 1.21. The zero-order chi connectivity index (χ0) is 14.4. The molecular weight excluding hydrogens is 272 g/mol. The monoisotopic (exact) mass is 280 g/mol. The second-order valence-electron chi connectivity index (χ2n) is 3.88. The van der Waals surface area contributed by atoms with Gasteiger partial charge in [0.05, 0.1) is 5.02 Å². The topological polar surface area (TPSA) is 56.8 Å². The molecule has 20 heavy (non-hydrogen) atoms. The fraction of sp³-hybridized carbons (Fsp3) is 0. The van der Waals surface area contributed by atoms with Crippen LogP contribution in [0.2, 0.25) is 5.02 Å². The normalized spacial score (nSPS) is 9.15. The van der Waals surface area contributed by atoms with E-state index in [0.29, 0.717) is 16.5 Å². The van der Waals surface area contributed by atoms with Gasteiger partial charge in [0.15, 0.2) is 0 Å². The minimum Gasteiger partial charge on any atom is -0.456 e. The lowest BCUT2D eigenvalue weighted by molar-refractivity contribution is 0.483. The molecule has 96 valence electrons. The molecule has 0 aliphatic rings. The summed E-state index contributed by atoms with van der Waals surface area (Å²) in [6, 6.07) is 17.9. The molecule has 2 aromatic rings. The van der Waals surface area contributed by atoms with Crippen molar-refractivity contribution >= 4 is 17.7 Å². The van der Waals surface area contributed by atoms with E-state index in [1.165, 1.54) is 6.08 Å². The molecule has 0 aliphatic carbocycles. The predicted octanol–water partition coefficient (Wildman–Crippen LogP) is 4.56. The van der Waals surface area contributed by atoms with E-state index in [9.17, 15) is 0 Å². The van der Waals surface area contributed by atoms with E-state index in [1.54, 1.807) is 36.4 Å². The lowest BCUT2D eigenvalue weighted by Crippen LogP contribution is -1.85. The van der Waals surface area contributed by atoms with Crippen LogP contribution in [-0.2, 0) is 0 Å². The standard InChI is InChI=1S/C16H9ClN2O/c17-15-3-1-2-4-16(15)20-14-7-5-12(6-8-14)9-13(10-18)11-19/h1-9H. The van der Waals surface area contributed by atoms with Crippen molar-refractivity contribution in [2.24, 2.45) is 0 Å². The van der Waals surface area contributed by atoms with Crippen molar-refractivity contribution in [2.75, 3.05) is 0 Å². The molecule has 0 N–H and O–H groups in total. The van der Waals surface area contributed by atoms with Crippen molar-refractivity contribution in [3.8, 4) is 23.6 Å². The van der Waals surface area contributed by atoms with Crippen LogP contribution in [0.4, 0.5) is 0 Å². The first kappa shape index (κ1) is 13.7. The van der Waals surface area contributed by atoms with Crippen LogP contribution in [0.3, 0.4) is 0 Å². The first-order valence-electron chi connectivity index (χ1n) is 5.77. The zero-order valence-electron chi connectivity index (χ0n) is 10.4. The van der Waals surface area contributed by atoms with E-state index in [4.69, 9.17) is 26.9 Å². The Hall–Kier alpha value is -2.75. The van der Waals surface area contributed by atoms with Crippen LogP contribution >= 0.6 is 11.6 Å². The minimum absolute atomic E-state index is 0.0600. The summed E-state index contributed by atoms with van der Waals surface area (Å²) in [6.45, 7) is 0. The molecule has 0 fully saturated rings. The first-order valence-corrected chi connectivity index (χ1v) is 6.15. The number of hydrogen-bond donors (Lipinski definition) is 0. The maximum atomic E-state index is 8.69. The van der Waals surface area contributed by atoms with E-state index < -0.39 is 0 Å². The number of halogens is 1. The van der Waals surface area contributed by atoms with E-state index >= 15 is 0 Å². The Labute approximate surface area is 121 Å². The van der Waals surface area contributed by atoms with Gasteiger partial charge in [0.1, 0.15) is 29.2 Å². The predicted molar refractivity (Wildman–Crippen MR) is 77.2 cm³/mol. The molecule has 3 nitrogen and oxygen atoms in total. The van der Waals surface area contributed by atoms with E-state index in [-0.39, 0.29) is 5.57 Å². The van der Waals surface area contributed by atoms with Gasteiger partial charge in [-0.05, 0) is 35.9 Å². The lowest BCUT2D eigenvalue weighted by atomic mass is 10.1. The third-order valence-electron chi connectivity index (χ3n) is 2.50. The SMILES string of the molecule is N#CC(C#N)=Cc1ccc(Oc2ccccc2Cl)cc1. The van der Waals surface area contributed by atoms with Crippen molar-refractivity contribution in [3.63, 3.8) is 0 Å². The Morgan fingerprint density at radius 3 is 2.25 bits per heavy atom. The van der Waals surface area contributed by atoms with Gasteiger partial charge in [0.2, 0.25) is 0 Å². The second-order valence-corrected chi connectivity index (χ2v) is 4.29. The van der Waals surface area contributed by atoms with E-state index in [0.717, 1.165) is 5.56 Å². The third-order valence-corrected chi connectivity index (χ3v) is 2.81. The summed E-state index contributed by atoms with van der Waals surface area (Å²) in [7, 11) is 0. The van der Waals surface area contributed by atoms with Crippen molar-refractivity contribution in [1.29, 1.82) is 10.5 Å². The molecule has 0 aliphatic heterocycles. The molecule has 0 unspecified atom stereocenters. The molecule has 0 heterocycles. The molecule has 2 aromatic carbocycles. The van der Waals surface area contributed by atoms with Gasteiger partial charge in [-0.15, -0.1) is 0 Å². The molecule has 0 saturated carbocycles. The second kappa shape index (κ2) is 6.43. The number of rotatable bonds is 3. The maximum Gasteiger partial charge on any atom is 0.146 e. The molecule has 0 bridgehead atoms. The molecule has 0 atom stereocenters. The molecule has 4 heteroatoms. The fourth-order valence-corrected chi connectivity index (χ4v) is 1.72. The van der Waals surface area contributed by atoms with Crippen molar-refractivity contribution in [2.45, 2.75) is 0 Å². The van der Waals surface area contributed by atoms with Crippen LogP contribution < -0.4 is 4.74 Å². The molecule has 0 amide bonds. The third kappa shape index (κ3) is 3.38. The highest BCUT2D eigenvalue weighted by Crippen LogP contribution is 2.28. The van der Waals surface area contributed by atoms with Gasteiger partial charge in [0.25, 0.3) is 0 Å². The molecule has 0 saturated heterocycles. The Bertz CT molecular complexity index is 705. The highest BCUT2D eigenvalue weighted by molar-refractivity contribution is 6.32. The lowest BCUT2D eigenvalue weighted by Gasteiger charge is -2.07. The van der Waals surface area contributed by atoms with Crippen LogP contribution in [0.25, 0.3) is 6.08 Å². The summed E-state index contributed by atoms with van der Waals surface area (Å²) in [5, 5.41) is 17.9. The average molecular weight is 281 g/mol. The Morgan fingerprint density at radius 1 is 1.00 bits per heavy atom. The van der Waals surface area contributed by atoms with E-state index in [2.05, 4.69) is 0 Å². The number of nitrogens with zero attached hydrogens (tertiary/aromatic N) is 2. The Balaban J connectivity index is 2.18. The molecular formula is C16H9ClN2O. The first-order chi connectivity index (χ1) is 9.72. The summed E-state index contributed by atoms with van der Waals surface area (Å²) in [6.07, 6.45) is 1.51. The molecule has 2 rings (SSSR count). The van der Waals surface area contributed by atoms with Crippen molar-refractivity contribution in [3.05, 3.63) is 64.7 Å². The summed E-state index contributed by atoms with van der Waals surface area (Å²) >= 11 is 6.01. The highest BCUT2D eigenvalue weighted by Gasteiger charge is 2.02. The van der Waals surface area contributed by atoms with Crippen LogP contribution in [0.1, 0.15) is 5.56 Å². The van der Waals surface area contributed by atoms with Gasteiger partial charge in [0, 0.05) is 0 Å². The van der Waals surface area contributed by atoms with Gasteiger partial charge >= 0.3 is 0 Å².